The molecule has 1 aliphatic heterocycles. The van der Waals surface area contributed by atoms with Crippen molar-refractivity contribution < 1.29 is 13.5 Å². The number of piperazine rings is 1. The maximum atomic E-state index is 13.0. The van der Waals surface area contributed by atoms with Crippen molar-refractivity contribution in [2.75, 3.05) is 32.7 Å². The molecule has 1 N–H and O–H groups in total. The van der Waals surface area contributed by atoms with E-state index < -0.39 is 10.0 Å². The number of aliphatic hydroxyl groups is 1. The standard InChI is InChI=1S/C18H24N2O3S/c1-15(21)9-10-19-11-13-20(14-12-19)24(22,23)18-8-4-6-16-5-2-3-7-17(16)18/h2-8,15,21H,9-14H2,1H3. The van der Waals surface area contributed by atoms with Crippen molar-refractivity contribution in [3.8, 4) is 0 Å². The molecule has 5 nitrogen and oxygen atoms in total. The Balaban J connectivity index is 1.77. The van der Waals surface area contributed by atoms with Gasteiger partial charge in [0.2, 0.25) is 10.0 Å². The van der Waals surface area contributed by atoms with Crippen LogP contribution in [0.5, 0.6) is 0 Å². The number of hydrogen-bond donors (Lipinski definition) is 1. The first-order chi connectivity index (χ1) is 11.5. The summed E-state index contributed by atoms with van der Waals surface area (Å²) in [6, 6.07) is 13.0. The van der Waals surface area contributed by atoms with Crippen LogP contribution in [0.25, 0.3) is 10.8 Å². The molecular weight excluding hydrogens is 324 g/mol. The number of aliphatic hydroxyl groups excluding tert-OH is 1. The molecule has 1 heterocycles. The molecule has 2 aromatic carbocycles. The maximum Gasteiger partial charge on any atom is 0.243 e. The van der Waals surface area contributed by atoms with Gasteiger partial charge in [-0.2, -0.15) is 4.31 Å². The molecule has 6 heteroatoms. The number of fused-ring (bicyclic) bond motifs is 1. The van der Waals surface area contributed by atoms with Gasteiger partial charge in [-0.1, -0.05) is 36.4 Å². The van der Waals surface area contributed by atoms with Gasteiger partial charge in [-0.25, -0.2) is 8.42 Å². The molecule has 0 aromatic heterocycles. The van der Waals surface area contributed by atoms with Crippen molar-refractivity contribution in [1.29, 1.82) is 0 Å². The number of benzene rings is 2. The van der Waals surface area contributed by atoms with Gasteiger partial charge < -0.3 is 10.0 Å². The topological polar surface area (TPSA) is 60.9 Å². The quantitative estimate of drug-likeness (QED) is 0.897. The summed E-state index contributed by atoms with van der Waals surface area (Å²) < 4.78 is 27.7. The van der Waals surface area contributed by atoms with Gasteiger partial charge in [0.15, 0.2) is 0 Å². The SMILES string of the molecule is CC(O)CCN1CCN(S(=O)(=O)c2cccc3ccccc23)CC1. The average Bonchev–Trinajstić information content (AvgIpc) is 2.59. The van der Waals surface area contributed by atoms with Crippen LogP contribution in [-0.4, -0.2) is 61.6 Å². The van der Waals surface area contributed by atoms with Crippen LogP contribution in [-0.2, 0) is 10.0 Å². The zero-order valence-corrected chi connectivity index (χ0v) is 14.7. The smallest absolute Gasteiger partial charge is 0.243 e. The Hall–Kier alpha value is -1.47. The van der Waals surface area contributed by atoms with Gasteiger partial charge in [0.25, 0.3) is 0 Å². The first kappa shape index (κ1) is 17.4. The number of rotatable bonds is 5. The third-order valence-electron chi connectivity index (χ3n) is 4.56. The number of nitrogens with zero attached hydrogens (tertiary/aromatic N) is 2. The predicted molar refractivity (Wildman–Crippen MR) is 95.4 cm³/mol. The Bertz CT molecular complexity index is 792. The summed E-state index contributed by atoms with van der Waals surface area (Å²) in [7, 11) is -3.49. The monoisotopic (exact) mass is 348 g/mol. The van der Waals surface area contributed by atoms with E-state index in [2.05, 4.69) is 4.90 Å². The fourth-order valence-electron chi connectivity index (χ4n) is 3.12. The lowest BCUT2D eigenvalue weighted by molar-refractivity contribution is 0.135. The third-order valence-corrected chi connectivity index (χ3v) is 6.52. The summed E-state index contributed by atoms with van der Waals surface area (Å²) >= 11 is 0. The van der Waals surface area contributed by atoms with Gasteiger partial charge in [0.05, 0.1) is 11.0 Å². The van der Waals surface area contributed by atoms with Gasteiger partial charge in [-0.3, -0.25) is 0 Å². The van der Waals surface area contributed by atoms with Gasteiger partial charge >= 0.3 is 0 Å². The first-order valence-electron chi connectivity index (χ1n) is 8.37. The minimum absolute atomic E-state index is 0.317. The van der Waals surface area contributed by atoms with Crippen molar-refractivity contribution >= 4 is 20.8 Å². The van der Waals surface area contributed by atoms with E-state index >= 15 is 0 Å². The molecule has 1 saturated heterocycles. The highest BCUT2D eigenvalue weighted by atomic mass is 32.2. The molecule has 0 spiro atoms. The summed E-state index contributed by atoms with van der Waals surface area (Å²) in [5.74, 6) is 0. The average molecular weight is 348 g/mol. The largest absolute Gasteiger partial charge is 0.393 e. The van der Waals surface area contributed by atoms with E-state index in [0.29, 0.717) is 31.1 Å². The predicted octanol–water partition coefficient (Wildman–Crippen LogP) is 1.92. The number of sulfonamides is 1. The van der Waals surface area contributed by atoms with Gasteiger partial charge in [0.1, 0.15) is 0 Å². The lowest BCUT2D eigenvalue weighted by Crippen LogP contribution is -2.49. The molecule has 0 amide bonds. The van der Waals surface area contributed by atoms with Crippen LogP contribution >= 0.6 is 0 Å². The van der Waals surface area contributed by atoms with Crippen LogP contribution < -0.4 is 0 Å². The highest BCUT2D eigenvalue weighted by Gasteiger charge is 2.29. The molecule has 1 unspecified atom stereocenters. The van der Waals surface area contributed by atoms with Crippen molar-refractivity contribution in [2.24, 2.45) is 0 Å². The third kappa shape index (κ3) is 3.62. The van der Waals surface area contributed by atoms with Crippen molar-refractivity contribution in [2.45, 2.75) is 24.3 Å². The van der Waals surface area contributed by atoms with E-state index in [1.807, 2.05) is 30.3 Å². The van der Waals surface area contributed by atoms with Crippen molar-refractivity contribution in [3.05, 3.63) is 42.5 Å². The van der Waals surface area contributed by atoms with Crippen LogP contribution in [0.15, 0.2) is 47.4 Å². The van der Waals surface area contributed by atoms with E-state index in [4.69, 9.17) is 0 Å². The molecule has 0 saturated carbocycles. The van der Waals surface area contributed by atoms with Crippen LogP contribution in [0.1, 0.15) is 13.3 Å². The molecule has 3 rings (SSSR count). The van der Waals surface area contributed by atoms with Crippen LogP contribution in [0.2, 0.25) is 0 Å². The molecule has 1 fully saturated rings. The Morgan fingerprint density at radius 3 is 2.42 bits per heavy atom. The second-order valence-corrected chi connectivity index (χ2v) is 8.27. The van der Waals surface area contributed by atoms with Crippen molar-refractivity contribution in [1.82, 2.24) is 9.21 Å². The summed E-state index contributed by atoms with van der Waals surface area (Å²) in [6.07, 6.45) is 0.401. The van der Waals surface area contributed by atoms with E-state index in [9.17, 15) is 13.5 Å². The lowest BCUT2D eigenvalue weighted by atomic mass is 10.1. The van der Waals surface area contributed by atoms with Gasteiger partial charge in [-0.15, -0.1) is 0 Å². The fraction of sp³-hybridized carbons (Fsp3) is 0.444. The minimum atomic E-state index is -3.49. The summed E-state index contributed by atoms with van der Waals surface area (Å²) in [5.41, 5.74) is 0. The summed E-state index contributed by atoms with van der Waals surface area (Å²) in [4.78, 5) is 2.60. The Kier molecular flexibility index (Phi) is 5.20. The van der Waals surface area contributed by atoms with E-state index in [1.165, 1.54) is 0 Å². The zero-order valence-electron chi connectivity index (χ0n) is 13.9. The van der Waals surface area contributed by atoms with Crippen LogP contribution in [0.4, 0.5) is 0 Å². The summed E-state index contributed by atoms with van der Waals surface area (Å²) in [5, 5.41) is 11.1. The molecule has 0 bridgehead atoms. The maximum absolute atomic E-state index is 13.0. The van der Waals surface area contributed by atoms with Gasteiger partial charge in [-0.05, 0) is 24.8 Å². The Labute approximate surface area is 143 Å². The highest BCUT2D eigenvalue weighted by Crippen LogP contribution is 2.26. The highest BCUT2D eigenvalue weighted by molar-refractivity contribution is 7.89. The molecule has 0 radical (unpaired) electrons. The Morgan fingerprint density at radius 1 is 1.04 bits per heavy atom. The van der Waals surface area contributed by atoms with Crippen LogP contribution in [0.3, 0.4) is 0 Å². The molecule has 1 aliphatic rings. The molecule has 2 aromatic rings. The summed E-state index contributed by atoms with van der Waals surface area (Å²) in [6.45, 7) is 4.98. The number of hydrogen-bond acceptors (Lipinski definition) is 4. The molecule has 0 aliphatic carbocycles. The zero-order chi connectivity index (χ0) is 17.2. The van der Waals surface area contributed by atoms with E-state index in [1.54, 1.807) is 23.4 Å². The fourth-order valence-corrected chi connectivity index (χ4v) is 4.76. The van der Waals surface area contributed by atoms with E-state index in [0.717, 1.165) is 23.7 Å². The second-order valence-electron chi connectivity index (χ2n) is 6.36. The molecule has 1 atom stereocenters. The van der Waals surface area contributed by atoms with Crippen LogP contribution in [0, 0.1) is 0 Å². The first-order valence-corrected chi connectivity index (χ1v) is 9.81. The van der Waals surface area contributed by atoms with E-state index in [-0.39, 0.29) is 6.10 Å². The lowest BCUT2D eigenvalue weighted by Gasteiger charge is -2.34. The minimum Gasteiger partial charge on any atom is -0.393 e. The molecular formula is C18H24N2O3S. The molecule has 130 valence electrons. The Morgan fingerprint density at radius 2 is 1.71 bits per heavy atom. The second kappa shape index (κ2) is 7.19. The van der Waals surface area contributed by atoms with Crippen molar-refractivity contribution in [3.63, 3.8) is 0 Å². The molecule has 24 heavy (non-hydrogen) atoms. The normalized spacial score (nSPS) is 18.8. The van der Waals surface area contributed by atoms with Gasteiger partial charge in [0, 0.05) is 38.1 Å².